The Morgan fingerprint density at radius 2 is 2.20 bits per heavy atom. The zero-order valence-corrected chi connectivity index (χ0v) is 9.59. The van der Waals surface area contributed by atoms with E-state index in [1.54, 1.807) is 0 Å². The SMILES string of the molecule is CS(=O)(=O)O[C@@H]1CCO[C@@]2(CCOC2)C1. The molecule has 2 heterocycles. The first-order valence-corrected chi connectivity index (χ1v) is 6.91. The molecular weight excluding hydrogens is 220 g/mol. The van der Waals surface area contributed by atoms with Crippen molar-refractivity contribution in [2.24, 2.45) is 0 Å². The van der Waals surface area contributed by atoms with Crippen LogP contribution in [-0.4, -0.2) is 46.2 Å². The molecule has 0 radical (unpaired) electrons. The molecular formula is C9H16O5S. The van der Waals surface area contributed by atoms with Gasteiger partial charge >= 0.3 is 0 Å². The van der Waals surface area contributed by atoms with Crippen LogP contribution in [0, 0.1) is 0 Å². The number of hydrogen-bond donors (Lipinski definition) is 0. The van der Waals surface area contributed by atoms with Gasteiger partial charge < -0.3 is 9.47 Å². The van der Waals surface area contributed by atoms with Crippen LogP contribution in [0.2, 0.25) is 0 Å². The van der Waals surface area contributed by atoms with Gasteiger partial charge in [0.05, 0.1) is 24.6 Å². The lowest BCUT2D eigenvalue weighted by Crippen LogP contribution is -2.43. The Bertz CT molecular complexity index is 317. The second-order valence-corrected chi connectivity index (χ2v) is 5.85. The van der Waals surface area contributed by atoms with Crippen LogP contribution in [-0.2, 0) is 23.8 Å². The molecule has 0 N–H and O–H groups in total. The lowest BCUT2D eigenvalue weighted by atomic mass is 9.91. The van der Waals surface area contributed by atoms with Gasteiger partial charge in [0.15, 0.2) is 0 Å². The van der Waals surface area contributed by atoms with E-state index in [4.69, 9.17) is 13.7 Å². The highest BCUT2D eigenvalue weighted by Crippen LogP contribution is 2.34. The first-order valence-electron chi connectivity index (χ1n) is 5.09. The highest BCUT2D eigenvalue weighted by atomic mass is 32.2. The molecule has 15 heavy (non-hydrogen) atoms. The fourth-order valence-electron chi connectivity index (χ4n) is 2.18. The maximum atomic E-state index is 11.0. The maximum Gasteiger partial charge on any atom is 0.264 e. The van der Waals surface area contributed by atoms with Crippen LogP contribution in [0.25, 0.3) is 0 Å². The van der Waals surface area contributed by atoms with Crippen LogP contribution < -0.4 is 0 Å². The van der Waals surface area contributed by atoms with Gasteiger partial charge in [-0.2, -0.15) is 8.42 Å². The van der Waals surface area contributed by atoms with Crippen molar-refractivity contribution in [3.63, 3.8) is 0 Å². The van der Waals surface area contributed by atoms with E-state index < -0.39 is 10.1 Å². The van der Waals surface area contributed by atoms with Crippen molar-refractivity contribution in [3.05, 3.63) is 0 Å². The third-order valence-electron chi connectivity index (χ3n) is 2.83. The molecule has 2 aliphatic rings. The summed E-state index contributed by atoms with van der Waals surface area (Å²) in [6.07, 6.45) is 2.90. The number of ether oxygens (including phenoxy) is 2. The van der Waals surface area contributed by atoms with Crippen LogP contribution in [0.4, 0.5) is 0 Å². The van der Waals surface area contributed by atoms with Crippen molar-refractivity contribution in [1.82, 2.24) is 0 Å². The second kappa shape index (κ2) is 4.01. The van der Waals surface area contributed by atoms with Gasteiger partial charge in [-0.3, -0.25) is 4.18 Å². The molecule has 2 saturated heterocycles. The number of rotatable bonds is 2. The maximum absolute atomic E-state index is 11.0. The minimum atomic E-state index is -3.37. The summed E-state index contributed by atoms with van der Waals surface area (Å²) in [7, 11) is -3.37. The Kier molecular flexibility index (Phi) is 3.03. The Hall–Kier alpha value is -0.170. The van der Waals surface area contributed by atoms with Crippen molar-refractivity contribution in [2.45, 2.75) is 31.0 Å². The molecule has 0 aromatic rings. The summed E-state index contributed by atoms with van der Waals surface area (Å²) < 4.78 is 38.0. The fraction of sp³-hybridized carbons (Fsp3) is 1.00. The smallest absolute Gasteiger partial charge is 0.264 e. The standard InChI is InChI=1S/C9H16O5S/c1-15(10,11)14-8-2-4-13-9(6-8)3-5-12-7-9/h8H,2-7H2,1H3/t8-,9+/m1/s1. The van der Waals surface area contributed by atoms with E-state index in [9.17, 15) is 8.42 Å². The first-order chi connectivity index (χ1) is 6.99. The average molecular weight is 236 g/mol. The third kappa shape index (κ3) is 2.90. The van der Waals surface area contributed by atoms with Gasteiger partial charge in [0.25, 0.3) is 10.1 Å². The molecule has 0 saturated carbocycles. The molecule has 0 aromatic heterocycles. The highest BCUT2D eigenvalue weighted by Gasteiger charge is 2.42. The van der Waals surface area contributed by atoms with Crippen molar-refractivity contribution in [2.75, 3.05) is 26.1 Å². The van der Waals surface area contributed by atoms with E-state index >= 15 is 0 Å². The average Bonchev–Trinajstić information content (AvgIpc) is 2.50. The molecule has 2 rings (SSSR count). The molecule has 0 amide bonds. The van der Waals surface area contributed by atoms with E-state index in [0.29, 0.717) is 32.7 Å². The summed E-state index contributed by atoms with van der Waals surface area (Å²) in [6.45, 7) is 1.78. The van der Waals surface area contributed by atoms with E-state index in [2.05, 4.69) is 0 Å². The van der Waals surface area contributed by atoms with Crippen molar-refractivity contribution in [3.8, 4) is 0 Å². The minimum Gasteiger partial charge on any atom is -0.378 e. The third-order valence-corrected chi connectivity index (χ3v) is 3.45. The molecule has 2 aliphatic heterocycles. The van der Waals surface area contributed by atoms with Crippen LogP contribution in [0.3, 0.4) is 0 Å². The molecule has 0 unspecified atom stereocenters. The summed E-state index contributed by atoms with van der Waals surface area (Å²) in [5, 5.41) is 0. The topological polar surface area (TPSA) is 61.8 Å². The van der Waals surface area contributed by atoms with E-state index in [1.807, 2.05) is 0 Å². The van der Waals surface area contributed by atoms with Crippen molar-refractivity contribution in [1.29, 1.82) is 0 Å². The molecule has 0 aliphatic carbocycles. The predicted octanol–water partition coefficient (Wildman–Crippen LogP) is 0.301. The molecule has 5 nitrogen and oxygen atoms in total. The van der Waals surface area contributed by atoms with Gasteiger partial charge in [-0.15, -0.1) is 0 Å². The second-order valence-electron chi connectivity index (χ2n) is 4.25. The zero-order valence-electron chi connectivity index (χ0n) is 8.77. The molecule has 1 spiro atoms. The molecule has 0 bridgehead atoms. The van der Waals surface area contributed by atoms with Gasteiger partial charge in [0.1, 0.15) is 0 Å². The van der Waals surface area contributed by atoms with Crippen LogP contribution in [0.1, 0.15) is 19.3 Å². The van der Waals surface area contributed by atoms with Crippen LogP contribution in [0.15, 0.2) is 0 Å². The van der Waals surface area contributed by atoms with Gasteiger partial charge in [-0.05, 0) is 6.42 Å². The lowest BCUT2D eigenvalue weighted by Gasteiger charge is -2.36. The van der Waals surface area contributed by atoms with Gasteiger partial charge in [-0.25, -0.2) is 0 Å². The fourth-order valence-corrected chi connectivity index (χ4v) is 2.83. The quantitative estimate of drug-likeness (QED) is 0.645. The summed E-state index contributed by atoms with van der Waals surface area (Å²) >= 11 is 0. The minimum absolute atomic E-state index is 0.254. The monoisotopic (exact) mass is 236 g/mol. The normalized spacial score (nSPS) is 37.3. The molecule has 88 valence electrons. The molecule has 0 aromatic carbocycles. The van der Waals surface area contributed by atoms with E-state index in [1.165, 1.54) is 0 Å². The Morgan fingerprint density at radius 3 is 2.80 bits per heavy atom. The highest BCUT2D eigenvalue weighted by molar-refractivity contribution is 7.86. The largest absolute Gasteiger partial charge is 0.378 e. The Morgan fingerprint density at radius 1 is 1.40 bits per heavy atom. The summed E-state index contributed by atoms with van der Waals surface area (Å²) in [6, 6.07) is 0. The summed E-state index contributed by atoms with van der Waals surface area (Å²) in [4.78, 5) is 0. The van der Waals surface area contributed by atoms with Gasteiger partial charge in [-0.1, -0.05) is 0 Å². The Labute approximate surface area is 89.8 Å². The molecule has 6 heteroatoms. The van der Waals surface area contributed by atoms with Crippen LogP contribution >= 0.6 is 0 Å². The van der Waals surface area contributed by atoms with Gasteiger partial charge in [0.2, 0.25) is 0 Å². The Balaban J connectivity index is 1.98. The molecule has 2 fully saturated rings. The number of hydrogen-bond acceptors (Lipinski definition) is 5. The molecule has 2 atom stereocenters. The predicted molar refractivity (Wildman–Crippen MR) is 53.1 cm³/mol. The zero-order chi connectivity index (χ0) is 10.9. The lowest BCUT2D eigenvalue weighted by molar-refractivity contribution is -0.111. The summed E-state index contributed by atoms with van der Waals surface area (Å²) in [5.41, 5.74) is -0.298. The summed E-state index contributed by atoms with van der Waals surface area (Å²) in [5.74, 6) is 0. The van der Waals surface area contributed by atoms with Crippen molar-refractivity contribution < 1.29 is 22.1 Å². The van der Waals surface area contributed by atoms with Gasteiger partial charge in [0, 0.05) is 26.1 Å². The van der Waals surface area contributed by atoms with Crippen molar-refractivity contribution >= 4 is 10.1 Å². The first kappa shape index (κ1) is 11.3. The van der Waals surface area contributed by atoms with E-state index in [-0.39, 0.29) is 11.7 Å². The van der Waals surface area contributed by atoms with E-state index in [0.717, 1.165) is 12.7 Å². The van der Waals surface area contributed by atoms with Crippen LogP contribution in [0.5, 0.6) is 0 Å².